The lowest BCUT2D eigenvalue weighted by Gasteiger charge is -2.52. The third kappa shape index (κ3) is 2.13. The Hall–Kier alpha value is -1.06. The average molecular weight is 280 g/mol. The number of hydrogen-bond donors (Lipinski definition) is 1. The van der Waals surface area contributed by atoms with Crippen LogP contribution >= 0.6 is 0 Å². The van der Waals surface area contributed by atoms with E-state index in [1.54, 1.807) is 0 Å². The Morgan fingerprint density at radius 2 is 1.75 bits per heavy atom. The van der Waals surface area contributed by atoms with Crippen molar-refractivity contribution >= 4 is 11.8 Å². The minimum Gasteiger partial charge on any atom is -0.340 e. The van der Waals surface area contributed by atoms with E-state index in [2.05, 4.69) is 5.32 Å². The van der Waals surface area contributed by atoms with Gasteiger partial charge in [-0.15, -0.1) is 0 Å². The molecule has 1 saturated heterocycles. The molecule has 0 spiro atoms. The highest BCUT2D eigenvalue weighted by atomic mass is 16.2. The zero-order chi connectivity index (χ0) is 15.0. The average Bonchev–Trinajstić information content (AvgIpc) is 2.39. The van der Waals surface area contributed by atoms with Crippen molar-refractivity contribution in [3.05, 3.63) is 0 Å². The molecule has 1 aliphatic carbocycles. The van der Waals surface area contributed by atoms with Crippen LogP contribution in [-0.4, -0.2) is 34.3 Å². The van der Waals surface area contributed by atoms with Gasteiger partial charge in [0.15, 0.2) is 0 Å². The predicted molar refractivity (Wildman–Crippen MR) is 79.2 cm³/mol. The number of nitrogens with zero attached hydrogens (tertiary/aromatic N) is 1. The second-order valence-electron chi connectivity index (χ2n) is 6.59. The van der Waals surface area contributed by atoms with Gasteiger partial charge in [0.25, 0.3) is 0 Å². The van der Waals surface area contributed by atoms with Gasteiger partial charge >= 0.3 is 0 Å². The molecule has 2 amide bonds. The summed E-state index contributed by atoms with van der Waals surface area (Å²) in [6.45, 7) is 8.60. The molecule has 4 heteroatoms. The number of hydrogen-bond acceptors (Lipinski definition) is 2. The first-order valence-electron chi connectivity index (χ1n) is 8.08. The number of piperazine rings is 1. The van der Waals surface area contributed by atoms with Gasteiger partial charge in [0.2, 0.25) is 11.8 Å². The van der Waals surface area contributed by atoms with Gasteiger partial charge in [0.05, 0.1) is 0 Å². The Balaban J connectivity index is 2.34. The lowest BCUT2D eigenvalue weighted by atomic mass is 9.78. The summed E-state index contributed by atoms with van der Waals surface area (Å²) in [6.07, 6.45) is 5.66. The summed E-state index contributed by atoms with van der Waals surface area (Å²) in [5.41, 5.74) is -1.37. The first-order chi connectivity index (χ1) is 9.43. The number of carbonyl (C=O) groups excluding carboxylic acids is 2. The molecule has 1 N–H and O–H groups in total. The molecule has 0 aromatic carbocycles. The number of nitrogens with one attached hydrogen (secondary N) is 1. The Morgan fingerprint density at radius 3 is 2.15 bits per heavy atom. The van der Waals surface area contributed by atoms with Crippen LogP contribution in [0.2, 0.25) is 0 Å². The van der Waals surface area contributed by atoms with Gasteiger partial charge in [0, 0.05) is 6.54 Å². The highest BCUT2D eigenvalue weighted by Gasteiger charge is 2.54. The summed E-state index contributed by atoms with van der Waals surface area (Å²) in [6, 6.07) is 0. The molecule has 0 aromatic heterocycles. The largest absolute Gasteiger partial charge is 0.340 e. The SMILES string of the molecule is CCC1(C)NC(=O)C(CC)(CC)N(CC2CCC2)C1=O. The fourth-order valence-electron chi connectivity index (χ4n) is 3.42. The first kappa shape index (κ1) is 15.3. The third-order valence-electron chi connectivity index (χ3n) is 5.59. The highest BCUT2D eigenvalue weighted by molar-refractivity contribution is 6.02. The van der Waals surface area contributed by atoms with Gasteiger partial charge in [0.1, 0.15) is 11.1 Å². The fourth-order valence-corrected chi connectivity index (χ4v) is 3.42. The summed E-state index contributed by atoms with van der Waals surface area (Å²) in [5, 5.41) is 2.99. The molecule has 2 fully saturated rings. The van der Waals surface area contributed by atoms with Crippen LogP contribution in [0.25, 0.3) is 0 Å². The monoisotopic (exact) mass is 280 g/mol. The quantitative estimate of drug-likeness (QED) is 0.841. The summed E-state index contributed by atoms with van der Waals surface area (Å²) in [5.74, 6) is 0.726. The zero-order valence-corrected chi connectivity index (χ0v) is 13.3. The molecule has 2 aliphatic rings. The van der Waals surface area contributed by atoms with Crippen molar-refractivity contribution < 1.29 is 9.59 Å². The van der Waals surface area contributed by atoms with Crippen molar-refractivity contribution in [2.45, 2.75) is 77.3 Å². The lowest BCUT2D eigenvalue weighted by Crippen LogP contribution is -2.75. The van der Waals surface area contributed by atoms with Crippen LogP contribution < -0.4 is 5.32 Å². The fraction of sp³-hybridized carbons (Fsp3) is 0.875. The second kappa shape index (κ2) is 5.38. The molecule has 0 bridgehead atoms. The van der Waals surface area contributed by atoms with Crippen LogP contribution in [0.4, 0.5) is 0 Å². The van der Waals surface area contributed by atoms with Crippen molar-refractivity contribution in [1.29, 1.82) is 0 Å². The summed E-state index contributed by atoms with van der Waals surface area (Å²) in [7, 11) is 0. The Kier molecular flexibility index (Phi) is 4.12. The topological polar surface area (TPSA) is 49.4 Å². The van der Waals surface area contributed by atoms with Crippen molar-refractivity contribution in [3.8, 4) is 0 Å². The number of rotatable bonds is 5. The van der Waals surface area contributed by atoms with E-state index in [1.807, 2.05) is 32.6 Å². The minimum absolute atomic E-state index is 0.0331. The van der Waals surface area contributed by atoms with E-state index in [4.69, 9.17) is 0 Å². The van der Waals surface area contributed by atoms with Crippen LogP contribution in [0.1, 0.15) is 66.2 Å². The standard InChI is InChI=1S/C16H28N2O2/c1-5-15(4)14(20)18(11-12-9-8-10-12)16(6-2,7-3)13(19)17-15/h12H,5-11H2,1-4H3,(H,17,19). The van der Waals surface area contributed by atoms with Crippen molar-refractivity contribution in [2.75, 3.05) is 6.54 Å². The normalized spacial score (nSPS) is 30.1. The molecule has 114 valence electrons. The maximum Gasteiger partial charge on any atom is 0.248 e. The molecular formula is C16H28N2O2. The summed E-state index contributed by atoms with van der Waals surface area (Å²) < 4.78 is 0. The van der Waals surface area contributed by atoms with Crippen molar-refractivity contribution in [3.63, 3.8) is 0 Å². The van der Waals surface area contributed by atoms with E-state index >= 15 is 0 Å². The molecule has 0 aromatic rings. The van der Waals surface area contributed by atoms with E-state index in [-0.39, 0.29) is 11.8 Å². The van der Waals surface area contributed by atoms with Crippen LogP contribution in [-0.2, 0) is 9.59 Å². The van der Waals surface area contributed by atoms with Gasteiger partial charge in [-0.2, -0.15) is 0 Å². The van der Waals surface area contributed by atoms with Gasteiger partial charge < -0.3 is 10.2 Å². The molecule has 0 radical (unpaired) electrons. The third-order valence-corrected chi connectivity index (χ3v) is 5.59. The number of carbonyl (C=O) groups is 2. The molecule has 2 rings (SSSR count). The smallest absolute Gasteiger partial charge is 0.248 e. The van der Waals surface area contributed by atoms with E-state index in [0.29, 0.717) is 25.2 Å². The minimum atomic E-state index is -0.728. The molecule has 20 heavy (non-hydrogen) atoms. The van der Waals surface area contributed by atoms with E-state index in [9.17, 15) is 9.59 Å². The van der Waals surface area contributed by atoms with Crippen LogP contribution in [0.3, 0.4) is 0 Å². The Morgan fingerprint density at radius 1 is 1.15 bits per heavy atom. The van der Waals surface area contributed by atoms with E-state index in [0.717, 1.165) is 6.54 Å². The molecule has 1 unspecified atom stereocenters. The molecule has 1 aliphatic heterocycles. The molecule has 1 atom stereocenters. The maximum atomic E-state index is 12.9. The van der Waals surface area contributed by atoms with Crippen molar-refractivity contribution in [1.82, 2.24) is 10.2 Å². The number of amides is 2. The van der Waals surface area contributed by atoms with Crippen LogP contribution in [0, 0.1) is 5.92 Å². The first-order valence-corrected chi connectivity index (χ1v) is 8.08. The second-order valence-corrected chi connectivity index (χ2v) is 6.59. The molecular weight excluding hydrogens is 252 g/mol. The van der Waals surface area contributed by atoms with Crippen LogP contribution in [0.5, 0.6) is 0 Å². The molecule has 1 heterocycles. The molecule has 4 nitrogen and oxygen atoms in total. The van der Waals surface area contributed by atoms with Crippen molar-refractivity contribution in [2.24, 2.45) is 5.92 Å². The Labute approximate surface area is 122 Å². The Bertz CT molecular complexity index is 399. The van der Waals surface area contributed by atoms with Gasteiger partial charge in [-0.1, -0.05) is 27.2 Å². The van der Waals surface area contributed by atoms with Gasteiger partial charge in [-0.05, 0) is 44.9 Å². The maximum absolute atomic E-state index is 12.9. The summed E-state index contributed by atoms with van der Waals surface area (Å²) in [4.78, 5) is 27.6. The predicted octanol–water partition coefficient (Wildman–Crippen LogP) is 2.47. The summed E-state index contributed by atoms with van der Waals surface area (Å²) >= 11 is 0. The van der Waals surface area contributed by atoms with E-state index in [1.165, 1.54) is 19.3 Å². The van der Waals surface area contributed by atoms with Gasteiger partial charge in [-0.25, -0.2) is 0 Å². The molecule has 1 saturated carbocycles. The highest BCUT2D eigenvalue weighted by Crippen LogP contribution is 2.37. The van der Waals surface area contributed by atoms with Gasteiger partial charge in [-0.3, -0.25) is 9.59 Å². The van der Waals surface area contributed by atoms with Crippen LogP contribution in [0.15, 0.2) is 0 Å². The zero-order valence-electron chi connectivity index (χ0n) is 13.3. The lowest BCUT2D eigenvalue weighted by molar-refractivity contribution is -0.165. The van der Waals surface area contributed by atoms with E-state index < -0.39 is 11.1 Å².